The van der Waals surface area contributed by atoms with Crippen molar-refractivity contribution in [2.24, 2.45) is 0 Å². The van der Waals surface area contributed by atoms with Crippen molar-refractivity contribution in [1.29, 1.82) is 0 Å². The summed E-state index contributed by atoms with van der Waals surface area (Å²) in [5, 5.41) is 10.4. The fourth-order valence-electron chi connectivity index (χ4n) is 2.64. The molecule has 1 N–H and O–H groups in total. The Morgan fingerprint density at radius 1 is 0.421 bits per heavy atom. The molecular weight excluding hydrogens is 953 g/mol. The van der Waals surface area contributed by atoms with Crippen LogP contribution in [0, 0.1) is 0 Å². The van der Waals surface area contributed by atoms with Gasteiger partial charge in [0.2, 0.25) is 24.4 Å². The maximum atomic E-state index is 10.4. The Morgan fingerprint density at radius 2 is 0.658 bits per heavy atom. The molecule has 0 atom stereocenters. The summed E-state index contributed by atoms with van der Waals surface area (Å²) >= 11 is 130. The van der Waals surface area contributed by atoms with Crippen LogP contribution in [0.1, 0.15) is 22.3 Å². The van der Waals surface area contributed by atoms with E-state index in [1.54, 1.807) is 0 Å². The molecule has 1 rings (SSSR count). The molecule has 0 saturated carbocycles. The second-order valence-corrected chi connectivity index (χ2v) is 22.0. The summed E-state index contributed by atoms with van der Waals surface area (Å²) in [6.45, 7) is -1.00. The summed E-state index contributed by atoms with van der Waals surface area (Å²) in [6.07, 6.45) is 0. The number of alkyl halides is 21. The Kier molecular flexibility index (Phi) is 14.2. The molecule has 0 aromatic heterocycles. The van der Waals surface area contributed by atoms with Crippen LogP contribution in [0.2, 0.25) is 0 Å². The molecule has 0 amide bonds. The Hall–Kier alpha value is 5.27. The van der Waals surface area contributed by atoms with E-state index in [2.05, 4.69) is 0 Å². The van der Waals surface area contributed by atoms with Crippen LogP contribution in [0.4, 0.5) is 0 Å². The van der Waals surface area contributed by atoms with Gasteiger partial charge < -0.3 is 5.11 Å². The molecule has 0 spiro atoms. The Morgan fingerprint density at radius 3 is 0.868 bits per heavy atom. The van der Waals surface area contributed by atoms with E-state index in [1.165, 1.54) is 0 Å². The molecule has 0 aliphatic heterocycles. The second kappa shape index (κ2) is 13.1. The van der Waals surface area contributed by atoms with Gasteiger partial charge in [0, 0.05) is 0 Å². The lowest BCUT2D eigenvalue weighted by atomic mass is 9.89. The van der Waals surface area contributed by atoms with Crippen molar-refractivity contribution in [2.75, 3.05) is 0 Å². The van der Waals surface area contributed by atoms with Gasteiger partial charge in [0.1, 0.15) is 0 Å². The van der Waals surface area contributed by atoms with Crippen molar-refractivity contribution >= 4 is 244 Å². The van der Waals surface area contributed by atoms with Gasteiger partial charge >= 0.3 is 0 Å². The molecule has 22 heteroatoms. The van der Waals surface area contributed by atoms with Gasteiger partial charge in [0.25, 0.3) is 0 Å². The third-order valence-electron chi connectivity index (χ3n) is 4.70. The summed E-state index contributed by atoms with van der Waals surface area (Å²) in [5.41, 5.74) is -1.84. The third-order valence-corrected chi connectivity index (χ3v) is 16.5. The predicted molar refractivity (Wildman–Crippen MR) is 177 cm³/mol. The quantitative estimate of drug-likeness (QED) is 0.270. The van der Waals surface area contributed by atoms with Crippen LogP contribution in [0.25, 0.3) is 0 Å². The SMILES string of the molecule is OCc1c(C(Cl)(Cl)C(Cl)(Cl)C(Cl)(Cl)Cl)cc(C(Cl)(Cl)C(Cl)(Cl)C(Cl)(Cl)Cl)cc1C(Cl)(Cl)C(Cl)(Cl)C(Cl)(Cl)Cl. The fourth-order valence-corrected chi connectivity index (χ4v) is 7.15. The number of aliphatic hydroxyl groups is 1. The highest BCUT2D eigenvalue weighted by Crippen LogP contribution is 2.66. The summed E-state index contributed by atoms with van der Waals surface area (Å²) in [6, 6.07) is 1.93. The van der Waals surface area contributed by atoms with Gasteiger partial charge in [-0.05, 0) is 34.4 Å². The summed E-state index contributed by atoms with van der Waals surface area (Å²) in [5.74, 6) is 0. The second-order valence-electron chi connectivity index (χ2n) is 7.15. The van der Waals surface area contributed by atoms with Crippen LogP contribution >= 0.6 is 244 Å². The molecule has 222 valence electrons. The summed E-state index contributed by atoms with van der Waals surface area (Å²) in [7, 11) is 0. The van der Waals surface area contributed by atoms with Gasteiger partial charge in [-0.25, -0.2) is 0 Å². The van der Waals surface area contributed by atoms with Crippen molar-refractivity contribution < 1.29 is 5.11 Å². The van der Waals surface area contributed by atoms with Crippen LogP contribution in [-0.2, 0) is 19.6 Å². The molecule has 0 heterocycles. The van der Waals surface area contributed by atoms with E-state index in [4.69, 9.17) is 244 Å². The molecule has 1 aromatic rings. The van der Waals surface area contributed by atoms with E-state index in [1.807, 2.05) is 0 Å². The molecular formula is C16H5Cl21O. The summed E-state index contributed by atoms with van der Waals surface area (Å²) < 4.78 is -23.8. The third kappa shape index (κ3) is 7.37. The highest BCUT2D eigenvalue weighted by Gasteiger charge is 2.66. The highest BCUT2D eigenvalue weighted by atomic mass is 35.6. The fraction of sp³-hybridized carbons (Fsp3) is 0.625. The Labute approximate surface area is 322 Å². The lowest BCUT2D eigenvalue weighted by Gasteiger charge is -2.43. The highest BCUT2D eigenvalue weighted by molar-refractivity contribution is 6.80. The molecule has 0 bridgehead atoms. The van der Waals surface area contributed by atoms with E-state index >= 15 is 0 Å². The number of rotatable bonds is 7. The number of hydrogen-bond acceptors (Lipinski definition) is 1. The maximum absolute atomic E-state index is 10.4. The van der Waals surface area contributed by atoms with Crippen LogP contribution in [-0.4, -0.2) is 29.5 Å². The number of aliphatic hydroxyl groups excluding tert-OH is 1. The average Bonchev–Trinajstić information content (AvgIpc) is 2.69. The number of hydrogen-bond donors (Lipinski definition) is 1. The van der Waals surface area contributed by atoms with E-state index in [0.29, 0.717) is 0 Å². The zero-order valence-corrected chi connectivity index (χ0v) is 32.6. The minimum Gasteiger partial charge on any atom is -0.392 e. The molecule has 0 radical (unpaired) electrons. The predicted octanol–water partition coefficient (Wildman–Crippen LogP) is 13.7. The molecule has 0 aliphatic rings. The van der Waals surface area contributed by atoms with Crippen molar-refractivity contribution in [3.8, 4) is 0 Å². The van der Waals surface area contributed by atoms with E-state index < -0.39 is 66.2 Å². The van der Waals surface area contributed by atoms with Gasteiger partial charge in [-0.3, -0.25) is 0 Å². The topological polar surface area (TPSA) is 20.2 Å². The van der Waals surface area contributed by atoms with Crippen molar-refractivity contribution in [2.45, 2.75) is 44.0 Å². The molecule has 0 fully saturated rings. The van der Waals surface area contributed by atoms with E-state index in [-0.39, 0.29) is 0 Å². The normalized spacial score (nSPS) is 15.7. The van der Waals surface area contributed by atoms with Gasteiger partial charge in [-0.15, -0.1) is 0 Å². The Bertz CT molecular complexity index is 966. The summed E-state index contributed by atoms with van der Waals surface area (Å²) in [4.78, 5) is 0. The molecule has 0 saturated heterocycles. The lowest BCUT2D eigenvalue weighted by molar-refractivity contribution is 0.278. The van der Waals surface area contributed by atoms with Crippen LogP contribution in [0.5, 0.6) is 0 Å². The number of halogens is 21. The van der Waals surface area contributed by atoms with Crippen LogP contribution in [0.15, 0.2) is 12.1 Å². The molecule has 1 aromatic carbocycles. The first-order chi connectivity index (χ1) is 16.3. The lowest BCUT2D eigenvalue weighted by Crippen LogP contribution is -2.49. The van der Waals surface area contributed by atoms with E-state index in [9.17, 15) is 5.11 Å². The Balaban J connectivity index is 4.45. The molecule has 1 nitrogen and oxygen atoms in total. The minimum absolute atomic E-state index is 0.392. The smallest absolute Gasteiger partial charge is 0.226 e. The standard InChI is InChI=1S/C16H5Cl21O/c17-8(18,11(23,24)14(29,30)31)4-1-6(9(19,20)12(25,26)15(32,33)34)5(3-38)7(2-4)10(21,22)13(27,28)16(35,36)37/h1-2,38H,3H2. The minimum atomic E-state index is -2.71. The van der Waals surface area contributed by atoms with Gasteiger partial charge in [-0.1, -0.05) is 244 Å². The first-order valence-corrected chi connectivity index (χ1v) is 16.5. The van der Waals surface area contributed by atoms with Crippen molar-refractivity contribution in [1.82, 2.24) is 0 Å². The first kappa shape index (κ1) is 41.3. The maximum Gasteiger partial charge on any atom is 0.226 e. The monoisotopic (exact) mass is 947 g/mol. The van der Waals surface area contributed by atoms with Crippen LogP contribution in [0.3, 0.4) is 0 Å². The number of benzene rings is 1. The molecule has 38 heavy (non-hydrogen) atoms. The van der Waals surface area contributed by atoms with E-state index in [0.717, 1.165) is 12.1 Å². The largest absolute Gasteiger partial charge is 0.392 e. The molecule has 0 aliphatic carbocycles. The van der Waals surface area contributed by atoms with Gasteiger partial charge in [0.15, 0.2) is 13.0 Å². The average molecular weight is 958 g/mol. The molecule has 0 unspecified atom stereocenters. The van der Waals surface area contributed by atoms with Crippen molar-refractivity contribution in [3.63, 3.8) is 0 Å². The zero-order valence-electron chi connectivity index (χ0n) is 16.7. The first-order valence-electron chi connectivity index (χ1n) is 8.54. The van der Waals surface area contributed by atoms with Gasteiger partial charge in [-0.2, -0.15) is 0 Å². The van der Waals surface area contributed by atoms with Crippen molar-refractivity contribution in [3.05, 3.63) is 34.4 Å². The van der Waals surface area contributed by atoms with Gasteiger partial charge in [0.05, 0.1) is 6.61 Å². The zero-order chi connectivity index (χ0) is 30.9. The van der Waals surface area contributed by atoms with Crippen LogP contribution < -0.4 is 0 Å².